The molecule has 2 aromatic rings. The van der Waals surface area contributed by atoms with Crippen molar-refractivity contribution in [3.8, 4) is 0 Å². The minimum absolute atomic E-state index is 0.0213. The van der Waals surface area contributed by atoms with Gasteiger partial charge in [-0.25, -0.2) is 4.98 Å². The number of anilines is 1. The number of hydrogen-bond donors (Lipinski definition) is 0. The SMILES string of the molecule is Cc1cccc(N2CC(C(=O)N3CCc4oc(C5CCOCC5)nc4C3)CC2=O)c1C. The van der Waals surface area contributed by atoms with Crippen LogP contribution in [-0.4, -0.2) is 48.0 Å². The molecular weight excluding hydrogens is 394 g/mol. The van der Waals surface area contributed by atoms with Crippen molar-refractivity contribution in [1.29, 1.82) is 0 Å². The van der Waals surface area contributed by atoms with E-state index in [1.807, 2.05) is 36.9 Å². The van der Waals surface area contributed by atoms with Gasteiger partial charge < -0.3 is 19.0 Å². The van der Waals surface area contributed by atoms with E-state index in [1.165, 1.54) is 0 Å². The summed E-state index contributed by atoms with van der Waals surface area (Å²) < 4.78 is 11.5. The summed E-state index contributed by atoms with van der Waals surface area (Å²) in [4.78, 5) is 34.4. The van der Waals surface area contributed by atoms with Gasteiger partial charge in [0.1, 0.15) is 11.5 Å². The predicted molar refractivity (Wildman–Crippen MR) is 115 cm³/mol. The summed E-state index contributed by atoms with van der Waals surface area (Å²) >= 11 is 0. The molecule has 2 amide bonds. The van der Waals surface area contributed by atoms with Gasteiger partial charge in [0, 0.05) is 50.8 Å². The summed E-state index contributed by atoms with van der Waals surface area (Å²) in [5.41, 5.74) is 4.03. The van der Waals surface area contributed by atoms with Crippen molar-refractivity contribution in [2.45, 2.75) is 52.0 Å². The lowest BCUT2D eigenvalue weighted by atomic mass is 10.0. The monoisotopic (exact) mass is 423 g/mol. The van der Waals surface area contributed by atoms with E-state index < -0.39 is 0 Å². The zero-order valence-electron chi connectivity index (χ0n) is 18.2. The molecule has 31 heavy (non-hydrogen) atoms. The summed E-state index contributed by atoms with van der Waals surface area (Å²) in [6.07, 6.45) is 2.81. The summed E-state index contributed by atoms with van der Waals surface area (Å²) in [7, 11) is 0. The first-order chi connectivity index (χ1) is 15.0. The Morgan fingerprint density at radius 1 is 1.19 bits per heavy atom. The summed E-state index contributed by atoms with van der Waals surface area (Å²) in [5, 5.41) is 0. The van der Waals surface area contributed by atoms with Crippen molar-refractivity contribution >= 4 is 17.5 Å². The molecule has 7 heteroatoms. The second-order valence-corrected chi connectivity index (χ2v) is 8.94. The fraction of sp³-hybridized carbons (Fsp3) is 0.542. The fourth-order valence-corrected chi connectivity index (χ4v) is 4.92. The lowest BCUT2D eigenvalue weighted by Crippen LogP contribution is -2.40. The predicted octanol–water partition coefficient (Wildman–Crippen LogP) is 3.12. The Bertz CT molecular complexity index is 1010. The number of amides is 2. The second kappa shape index (κ2) is 8.11. The number of fused-ring (bicyclic) bond motifs is 1. The zero-order chi connectivity index (χ0) is 21.5. The van der Waals surface area contributed by atoms with Crippen LogP contribution in [0.3, 0.4) is 0 Å². The first-order valence-corrected chi connectivity index (χ1v) is 11.2. The van der Waals surface area contributed by atoms with Crippen LogP contribution in [0, 0.1) is 19.8 Å². The van der Waals surface area contributed by atoms with Crippen LogP contribution in [0.2, 0.25) is 0 Å². The van der Waals surface area contributed by atoms with Crippen molar-refractivity contribution in [2.75, 3.05) is 31.2 Å². The highest BCUT2D eigenvalue weighted by molar-refractivity contribution is 6.01. The van der Waals surface area contributed by atoms with Gasteiger partial charge in [0.25, 0.3) is 0 Å². The number of rotatable bonds is 3. The van der Waals surface area contributed by atoms with E-state index in [9.17, 15) is 9.59 Å². The van der Waals surface area contributed by atoms with E-state index in [-0.39, 0.29) is 24.2 Å². The van der Waals surface area contributed by atoms with Crippen LogP contribution in [0.4, 0.5) is 5.69 Å². The van der Waals surface area contributed by atoms with E-state index in [0.29, 0.717) is 32.0 Å². The van der Waals surface area contributed by atoms with Crippen LogP contribution in [-0.2, 0) is 27.3 Å². The van der Waals surface area contributed by atoms with Gasteiger partial charge in [-0.3, -0.25) is 9.59 Å². The van der Waals surface area contributed by atoms with E-state index in [4.69, 9.17) is 14.1 Å². The standard InChI is InChI=1S/C24H29N3O4/c1-15-4-3-5-20(16(15)2)27-13-18(12-22(27)28)24(29)26-9-6-21-19(14-26)25-23(31-21)17-7-10-30-11-8-17/h3-5,17-18H,6-14H2,1-2H3. The Balaban J connectivity index is 1.28. The number of carbonyl (C=O) groups excluding carboxylic acids is 2. The Hall–Kier alpha value is -2.67. The topological polar surface area (TPSA) is 75.9 Å². The lowest BCUT2D eigenvalue weighted by Gasteiger charge is -2.28. The second-order valence-electron chi connectivity index (χ2n) is 8.94. The molecule has 4 heterocycles. The van der Waals surface area contributed by atoms with Crippen molar-refractivity contribution < 1.29 is 18.7 Å². The first-order valence-electron chi connectivity index (χ1n) is 11.2. The quantitative estimate of drug-likeness (QED) is 0.758. The molecular formula is C24H29N3O4. The molecule has 1 unspecified atom stereocenters. The molecule has 2 saturated heterocycles. The molecule has 0 saturated carbocycles. The smallest absolute Gasteiger partial charge is 0.228 e. The molecule has 5 rings (SSSR count). The summed E-state index contributed by atoms with van der Waals surface area (Å²) in [6, 6.07) is 5.97. The van der Waals surface area contributed by atoms with Crippen LogP contribution in [0.1, 0.15) is 53.7 Å². The average molecular weight is 424 g/mol. The number of benzene rings is 1. The Labute approximate surface area is 182 Å². The largest absolute Gasteiger partial charge is 0.445 e. The van der Waals surface area contributed by atoms with Crippen LogP contribution in [0.25, 0.3) is 0 Å². The van der Waals surface area contributed by atoms with Gasteiger partial charge in [0.05, 0.1) is 12.5 Å². The highest BCUT2D eigenvalue weighted by Crippen LogP contribution is 2.33. The molecule has 3 aliphatic rings. The van der Waals surface area contributed by atoms with Gasteiger partial charge >= 0.3 is 0 Å². The lowest BCUT2D eigenvalue weighted by molar-refractivity contribution is -0.136. The molecule has 3 aliphatic heterocycles. The van der Waals surface area contributed by atoms with Crippen LogP contribution in [0.5, 0.6) is 0 Å². The number of nitrogens with zero attached hydrogens (tertiary/aromatic N) is 3. The van der Waals surface area contributed by atoms with Gasteiger partial charge in [-0.05, 0) is 43.9 Å². The molecule has 2 fully saturated rings. The number of carbonyl (C=O) groups is 2. The molecule has 1 atom stereocenters. The van der Waals surface area contributed by atoms with Crippen molar-refractivity contribution in [3.63, 3.8) is 0 Å². The van der Waals surface area contributed by atoms with Crippen molar-refractivity contribution in [2.24, 2.45) is 5.92 Å². The van der Waals surface area contributed by atoms with E-state index >= 15 is 0 Å². The Kier molecular flexibility index (Phi) is 5.30. The normalized spacial score (nSPS) is 22.1. The summed E-state index contributed by atoms with van der Waals surface area (Å²) in [5.74, 6) is 1.76. The molecule has 0 aliphatic carbocycles. The number of ether oxygens (including phenoxy) is 1. The number of oxazole rings is 1. The van der Waals surface area contributed by atoms with Gasteiger partial charge in [-0.15, -0.1) is 0 Å². The van der Waals surface area contributed by atoms with Crippen LogP contribution < -0.4 is 4.90 Å². The van der Waals surface area contributed by atoms with E-state index in [0.717, 1.165) is 60.2 Å². The fourth-order valence-electron chi connectivity index (χ4n) is 4.92. The Morgan fingerprint density at radius 2 is 2.00 bits per heavy atom. The van der Waals surface area contributed by atoms with Gasteiger partial charge in [-0.2, -0.15) is 0 Å². The third kappa shape index (κ3) is 3.76. The van der Waals surface area contributed by atoms with E-state index in [2.05, 4.69) is 0 Å². The maximum absolute atomic E-state index is 13.3. The number of aromatic nitrogens is 1. The minimum atomic E-state index is -0.309. The van der Waals surface area contributed by atoms with Crippen molar-refractivity contribution in [1.82, 2.24) is 9.88 Å². The highest BCUT2D eigenvalue weighted by Gasteiger charge is 2.39. The van der Waals surface area contributed by atoms with Gasteiger partial charge in [0.15, 0.2) is 5.89 Å². The number of hydrogen-bond acceptors (Lipinski definition) is 5. The van der Waals surface area contributed by atoms with Crippen LogP contribution >= 0.6 is 0 Å². The van der Waals surface area contributed by atoms with Gasteiger partial charge in [-0.1, -0.05) is 12.1 Å². The maximum Gasteiger partial charge on any atom is 0.228 e. The molecule has 7 nitrogen and oxygen atoms in total. The molecule has 164 valence electrons. The molecule has 1 aromatic carbocycles. The van der Waals surface area contributed by atoms with E-state index in [1.54, 1.807) is 4.90 Å². The Morgan fingerprint density at radius 3 is 2.81 bits per heavy atom. The molecule has 0 radical (unpaired) electrons. The first kappa shape index (κ1) is 20.2. The summed E-state index contributed by atoms with van der Waals surface area (Å²) in [6.45, 7) is 7.08. The molecule has 0 spiro atoms. The molecule has 0 bridgehead atoms. The molecule has 1 aromatic heterocycles. The zero-order valence-corrected chi connectivity index (χ0v) is 18.2. The van der Waals surface area contributed by atoms with Crippen LogP contribution in [0.15, 0.2) is 22.6 Å². The average Bonchev–Trinajstić information content (AvgIpc) is 3.39. The third-order valence-electron chi connectivity index (χ3n) is 6.97. The maximum atomic E-state index is 13.3. The molecule has 0 N–H and O–H groups in total. The number of aryl methyl sites for hydroxylation is 1. The third-order valence-corrected chi connectivity index (χ3v) is 6.97. The highest BCUT2D eigenvalue weighted by atomic mass is 16.5. The van der Waals surface area contributed by atoms with Gasteiger partial charge in [0.2, 0.25) is 11.8 Å². The van der Waals surface area contributed by atoms with Crippen molar-refractivity contribution in [3.05, 3.63) is 46.7 Å². The minimum Gasteiger partial charge on any atom is -0.445 e.